The normalized spacial score (nSPS) is 19.2. The van der Waals surface area contributed by atoms with E-state index in [0.717, 1.165) is 29.8 Å². The van der Waals surface area contributed by atoms with E-state index in [-0.39, 0.29) is 18.6 Å². The van der Waals surface area contributed by atoms with Crippen molar-refractivity contribution in [2.45, 2.75) is 18.9 Å². The summed E-state index contributed by atoms with van der Waals surface area (Å²) in [6.45, 7) is 1.13. The highest BCUT2D eigenvalue weighted by Gasteiger charge is 2.41. The van der Waals surface area contributed by atoms with E-state index in [1.165, 1.54) is 5.56 Å². The lowest BCUT2D eigenvalue weighted by molar-refractivity contribution is -0.922. The van der Waals surface area contributed by atoms with Crippen molar-refractivity contribution >= 4 is 23.5 Å². The van der Waals surface area contributed by atoms with Gasteiger partial charge in [-0.3, -0.25) is 4.79 Å². The first kappa shape index (κ1) is 19.8. The van der Waals surface area contributed by atoms with Gasteiger partial charge < -0.3 is 18.7 Å². The summed E-state index contributed by atoms with van der Waals surface area (Å²) in [6, 6.07) is 9.44. The van der Waals surface area contributed by atoms with Crippen LogP contribution in [0, 0.1) is 0 Å². The molecule has 1 unspecified atom stereocenters. The van der Waals surface area contributed by atoms with Crippen molar-refractivity contribution < 1.29 is 23.5 Å². The molecular weight excluding hydrogens is 390 g/mol. The summed E-state index contributed by atoms with van der Waals surface area (Å²) < 4.78 is 17.7. The van der Waals surface area contributed by atoms with Crippen LogP contribution >= 0.6 is 11.6 Å². The summed E-state index contributed by atoms with van der Waals surface area (Å²) in [5, 5.41) is 0.678. The van der Waals surface area contributed by atoms with Crippen LogP contribution < -0.4 is 14.2 Å². The van der Waals surface area contributed by atoms with E-state index in [1.54, 1.807) is 13.2 Å². The third-order valence-corrected chi connectivity index (χ3v) is 6.06. The monoisotopic (exact) mass is 414 g/mol. The molecule has 0 saturated heterocycles. The van der Waals surface area contributed by atoms with Gasteiger partial charge in [0.15, 0.2) is 17.3 Å². The maximum atomic E-state index is 12.9. The van der Waals surface area contributed by atoms with E-state index < -0.39 is 0 Å². The molecule has 0 bridgehead atoms. The molecule has 2 aliphatic heterocycles. The lowest BCUT2D eigenvalue weighted by Gasteiger charge is -2.43. The molecule has 1 atom stereocenters. The van der Waals surface area contributed by atoms with Crippen LogP contribution in [0.3, 0.4) is 0 Å². The minimum atomic E-state index is -0.0226. The number of ketones is 1. The number of hydrogen-bond acceptors (Lipinski definition) is 4. The Morgan fingerprint density at radius 3 is 2.76 bits per heavy atom. The molecule has 0 saturated carbocycles. The van der Waals surface area contributed by atoms with E-state index in [4.69, 9.17) is 25.8 Å². The number of methoxy groups -OCH3 is 1. The number of ether oxygens (including phenoxy) is 3. The molecule has 152 valence electrons. The molecule has 2 aromatic rings. The Bertz CT molecular complexity index is 966. The predicted octanol–water partition coefficient (Wildman–Crippen LogP) is 4.42. The van der Waals surface area contributed by atoms with E-state index in [1.807, 2.05) is 36.4 Å². The highest BCUT2D eigenvalue weighted by Crippen LogP contribution is 2.51. The van der Waals surface area contributed by atoms with Gasteiger partial charge >= 0.3 is 0 Å². The average molecular weight is 415 g/mol. The van der Waals surface area contributed by atoms with E-state index in [9.17, 15) is 4.79 Å². The fourth-order valence-electron chi connectivity index (χ4n) is 4.14. The predicted molar refractivity (Wildman–Crippen MR) is 113 cm³/mol. The second kappa shape index (κ2) is 7.73. The van der Waals surface area contributed by atoms with Gasteiger partial charge in [-0.05, 0) is 35.4 Å². The number of hydrogen-bond donors (Lipinski definition) is 0. The van der Waals surface area contributed by atoms with Crippen molar-refractivity contribution in [3.8, 4) is 17.2 Å². The number of allylic oxidation sites excluding steroid dienone is 1. The molecule has 0 radical (unpaired) electrons. The van der Waals surface area contributed by atoms with Gasteiger partial charge in [0, 0.05) is 11.4 Å². The molecule has 4 rings (SSSR count). The van der Waals surface area contributed by atoms with Gasteiger partial charge in [0.2, 0.25) is 12.5 Å². The number of carbonyl (C=O) groups excluding carboxylic acids is 1. The number of nitrogens with zero attached hydrogens (tertiary/aromatic N) is 1. The van der Waals surface area contributed by atoms with Crippen molar-refractivity contribution in [3.05, 3.63) is 58.1 Å². The Hall–Kier alpha value is -2.50. The summed E-state index contributed by atoms with van der Waals surface area (Å²) in [5.74, 6) is 2.13. The Labute approximate surface area is 176 Å². The molecule has 0 aliphatic carbocycles. The van der Waals surface area contributed by atoms with Crippen LogP contribution in [0.25, 0.3) is 6.08 Å². The van der Waals surface area contributed by atoms with Crippen molar-refractivity contribution in [2.75, 3.05) is 34.5 Å². The van der Waals surface area contributed by atoms with Crippen LogP contribution in [0.1, 0.15) is 29.2 Å². The second-order valence-electron chi connectivity index (χ2n) is 8.04. The lowest BCUT2D eigenvalue weighted by atomic mass is 9.86. The van der Waals surface area contributed by atoms with Gasteiger partial charge in [-0.15, -0.1) is 0 Å². The van der Waals surface area contributed by atoms with Crippen molar-refractivity contribution in [3.63, 3.8) is 0 Å². The maximum absolute atomic E-state index is 12.9. The molecule has 2 aromatic carbocycles. The zero-order chi connectivity index (χ0) is 20.6. The highest BCUT2D eigenvalue weighted by atomic mass is 35.5. The first-order valence-electron chi connectivity index (χ1n) is 9.67. The fraction of sp³-hybridized carbons (Fsp3) is 0.348. The van der Waals surface area contributed by atoms with Crippen molar-refractivity contribution in [2.24, 2.45) is 0 Å². The Morgan fingerprint density at radius 2 is 2.03 bits per heavy atom. The minimum Gasteiger partial charge on any atom is -0.492 e. The number of benzene rings is 2. The Kier molecular flexibility index (Phi) is 5.28. The van der Waals surface area contributed by atoms with Gasteiger partial charge in [-0.25, -0.2) is 0 Å². The van der Waals surface area contributed by atoms with Crippen LogP contribution in [-0.4, -0.2) is 44.8 Å². The smallest absolute Gasteiger partial charge is 0.231 e. The Morgan fingerprint density at radius 1 is 1.28 bits per heavy atom. The summed E-state index contributed by atoms with van der Waals surface area (Å²) in [7, 11) is 5.97. The maximum Gasteiger partial charge on any atom is 0.231 e. The van der Waals surface area contributed by atoms with Crippen molar-refractivity contribution in [1.29, 1.82) is 0 Å². The van der Waals surface area contributed by atoms with Gasteiger partial charge in [0.1, 0.15) is 6.04 Å². The summed E-state index contributed by atoms with van der Waals surface area (Å²) >= 11 is 5.93. The standard InChI is InChI=1S/C23H25ClNO4/c1-25(2)11-10-16-12-20-22(29-14-28-20)23(27-3)21(16)19(25)13-18(26)9-6-15-4-7-17(24)8-5-15/h4-9,12,19H,10-11,13-14H2,1-3H3/q+1/b9-6+. The van der Waals surface area contributed by atoms with Gasteiger partial charge in [0.25, 0.3) is 0 Å². The highest BCUT2D eigenvalue weighted by molar-refractivity contribution is 6.30. The summed E-state index contributed by atoms with van der Waals surface area (Å²) in [5.41, 5.74) is 3.17. The fourth-order valence-corrected chi connectivity index (χ4v) is 4.26. The third kappa shape index (κ3) is 3.85. The average Bonchev–Trinajstić information content (AvgIpc) is 3.16. The van der Waals surface area contributed by atoms with E-state index in [2.05, 4.69) is 14.1 Å². The summed E-state index contributed by atoms with van der Waals surface area (Å²) in [4.78, 5) is 12.9. The minimum absolute atomic E-state index is 0.0226. The van der Waals surface area contributed by atoms with Crippen LogP contribution in [0.4, 0.5) is 0 Å². The van der Waals surface area contributed by atoms with Crippen LogP contribution in [0.15, 0.2) is 36.4 Å². The molecule has 2 aliphatic rings. The molecule has 2 heterocycles. The van der Waals surface area contributed by atoms with Crippen LogP contribution in [0.2, 0.25) is 5.02 Å². The van der Waals surface area contributed by atoms with Gasteiger partial charge in [-0.2, -0.15) is 0 Å². The van der Waals surface area contributed by atoms with E-state index >= 15 is 0 Å². The van der Waals surface area contributed by atoms with Gasteiger partial charge in [-0.1, -0.05) is 29.8 Å². The number of halogens is 1. The quantitative estimate of drug-likeness (QED) is 0.536. The first-order valence-corrected chi connectivity index (χ1v) is 10.1. The number of carbonyl (C=O) groups is 1. The SMILES string of the molecule is COc1c2c(cc3c1C(CC(=O)/C=C/c1ccc(Cl)cc1)[N+](C)(C)CC3)OCO2. The molecule has 5 nitrogen and oxygen atoms in total. The number of quaternary nitrogens is 1. The van der Waals surface area contributed by atoms with Crippen molar-refractivity contribution in [1.82, 2.24) is 0 Å². The summed E-state index contributed by atoms with van der Waals surface area (Å²) in [6.07, 6.45) is 4.77. The first-order chi connectivity index (χ1) is 13.9. The lowest BCUT2D eigenvalue weighted by Crippen LogP contribution is -2.48. The zero-order valence-corrected chi connectivity index (χ0v) is 17.7. The molecule has 0 aromatic heterocycles. The molecule has 29 heavy (non-hydrogen) atoms. The van der Waals surface area contributed by atoms with E-state index in [0.29, 0.717) is 27.4 Å². The zero-order valence-electron chi connectivity index (χ0n) is 16.9. The topological polar surface area (TPSA) is 44.8 Å². The number of rotatable bonds is 5. The van der Waals surface area contributed by atoms with Gasteiger partial charge in [0.05, 0.1) is 39.7 Å². The molecule has 6 heteroatoms. The number of likely N-dealkylation sites (N-methyl/N-ethyl adjacent to an activating group) is 1. The molecule has 0 spiro atoms. The molecule has 0 fully saturated rings. The van der Waals surface area contributed by atoms with Crippen LogP contribution in [0.5, 0.6) is 17.2 Å². The molecular formula is C23H25ClNO4+. The molecule has 0 amide bonds. The third-order valence-electron chi connectivity index (χ3n) is 5.81. The number of fused-ring (bicyclic) bond motifs is 2. The largest absolute Gasteiger partial charge is 0.492 e. The molecule has 0 N–H and O–H groups in total. The Balaban J connectivity index is 1.65. The second-order valence-corrected chi connectivity index (χ2v) is 8.48. The van der Waals surface area contributed by atoms with Crippen LogP contribution in [-0.2, 0) is 11.2 Å².